The van der Waals surface area contributed by atoms with Gasteiger partial charge in [0.2, 0.25) is 0 Å². The molecule has 0 aliphatic rings. The molecule has 1 aromatic carbocycles. The summed E-state index contributed by atoms with van der Waals surface area (Å²) in [6.45, 7) is 3.93. The predicted octanol–water partition coefficient (Wildman–Crippen LogP) is 8.08. The van der Waals surface area contributed by atoms with Crippen LogP contribution in [-0.4, -0.2) is 40.9 Å². The standard InChI is InChI=1S/C18H37.C7H8O3S.Na/c1-3-5-7-9-11-13-15-17-18-16-14-12-10-8-6-4-2;1-6-4-2-3-5-7(6)11(8,9)10;/h1,3-18H2,2H3;2-5H,1H3,(H,8,9,10);. The van der Waals surface area contributed by atoms with Crippen LogP contribution in [0.5, 0.6) is 0 Å². The van der Waals surface area contributed by atoms with E-state index in [1.54, 1.807) is 25.1 Å². The molecule has 0 spiro atoms. The summed E-state index contributed by atoms with van der Waals surface area (Å²) in [6.07, 6.45) is 23.7. The van der Waals surface area contributed by atoms with Crippen LogP contribution in [0.1, 0.15) is 115 Å². The minimum atomic E-state index is -4.03. The van der Waals surface area contributed by atoms with Crippen LogP contribution in [0.15, 0.2) is 29.2 Å². The molecule has 5 heteroatoms. The van der Waals surface area contributed by atoms with Crippen molar-refractivity contribution in [2.45, 2.75) is 125 Å². The maximum Gasteiger partial charge on any atom is 0.294 e. The van der Waals surface area contributed by atoms with Crippen LogP contribution in [-0.2, 0) is 10.1 Å². The number of unbranched alkanes of at least 4 members (excludes halogenated alkanes) is 15. The van der Waals surface area contributed by atoms with Crippen LogP contribution in [0.4, 0.5) is 0 Å². The van der Waals surface area contributed by atoms with Gasteiger partial charge in [-0.1, -0.05) is 57.2 Å². The fourth-order valence-corrected chi connectivity index (χ4v) is 4.87. The van der Waals surface area contributed by atoms with Gasteiger partial charge in [-0.2, -0.15) is 8.42 Å². The Labute approximate surface area is 205 Å². The summed E-state index contributed by atoms with van der Waals surface area (Å²) in [5.74, 6) is 0. The molecule has 0 saturated heterocycles. The molecule has 0 saturated carbocycles. The molecule has 3 nitrogen and oxygen atoms in total. The van der Waals surface area contributed by atoms with E-state index >= 15 is 0 Å². The maximum atomic E-state index is 10.6. The minimum Gasteiger partial charge on any atom is -0.282 e. The Balaban J connectivity index is 0.000000642. The van der Waals surface area contributed by atoms with Gasteiger partial charge in [0.1, 0.15) is 0 Å². The van der Waals surface area contributed by atoms with Crippen molar-refractivity contribution in [2.75, 3.05) is 0 Å². The Bertz CT molecular complexity index is 586. The zero-order chi connectivity index (χ0) is 22.5. The summed E-state index contributed by atoms with van der Waals surface area (Å²) < 4.78 is 31.4. The molecule has 0 unspecified atom stereocenters. The average molecular weight is 449 g/mol. The second-order valence-electron chi connectivity index (χ2n) is 8.54. The van der Waals surface area contributed by atoms with Gasteiger partial charge in [0.05, 0.1) is 4.90 Å². The van der Waals surface area contributed by atoms with Crippen molar-refractivity contribution in [1.82, 2.24) is 0 Å². The van der Waals surface area contributed by atoms with Gasteiger partial charge in [0.25, 0.3) is 10.1 Å². The largest absolute Gasteiger partial charge is 0.294 e. The monoisotopic (exact) mass is 448 g/mol. The molecule has 0 heterocycles. The summed E-state index contributed by atoms with van der Waals surface area (Å²) in [5.41, 5.74) is 0.551. The van der Waals surface area contributed by atoms with E-state index in [1.165, 1.54) is 140 Å². The Morgan fingerprint density at radius 1 is 0.700 bits per heavy atom. The van der Waals surface area contributed by atoms with Gasteiger partial charge >= 0.3 is 102 Å². The summed E-state index contributed by atoms with van der Waals surface area (Å²) in [5, 5.41) is 0. The quantitative estimate of drug-likeness (QED) is 0.149. The van der Waals surface area contributed by atoms with E-state index in [0.717, 1.165) is 0 Å². The Hall–Kier alpha value is 0.130. The van der Waals surface area contributed by atoms with Crippen molar-refractivity contribution < 1.29 is 13.0 Å². The van der Waals surface area contributed by atoms with Crippen molar-refractivity contribution >= 4 is 38.0 Å². The molecule has 0 aromatic heterocycles. The van der Waals surface area contributed by atoms with E-state index in [4.69, 9.17) is 4.55 Å². The van der Waals surface area contributed by atoms with Crippen LogP contribution in [0.2, 0.25) is 3.67 Å². The molecule has 30 heavy (non-hydrogen) atoms. The van der Waals surface area contributed by atoms with Crippen molar-refractivity contribution in [3.63, 3.8) is 0 Å². The molecule has 0 amide bonds. The Kier molecular flexibility index (Phi) is 21.1. The van der Waals surface area contributed by atoms with Crippen LogP contribution < -0.4 is 0 Å². The third kappa shape index (κ3) is 18.9. The molecule has 1 aromatic rings. The zero-order valence-corrected chi connectivity index (χ0v) is 22.8. The SMILES string of the molecule is CCCCCCCCCCCCCCCCC[CH2][Na].Cc1ccccc1S(=O)(=O)O. The van der Waals surface area contributed by atoms with E-state index in [9.17, 15) is 8.42 Å². The molecular weight excluding hydrogens is 403 g/mol. The molecule has 0 atom stereocenters. The summed E-state index contributed by atoms with van der Waals surface area (Å²) >= 11 is 1.41. The first kappa shape index (κ1) is 30.1. The van der Waals surface area contributed by atoms with Crippen molar-refractivity contribution in [2.24, 2.45) is 0 Å². The first-order valence-corrected chi connectivity index (χ1v) is 15.3. The molecule has 1 N–H and O–H groups in total. The fourth-order valence-electron chi connectivity index (χ4n) is 3.64. The van der Waals surface area contributed by atoms with E-state index in [-0.39, 0.29) is 4.90 Å². The molecule has 0 bridgehead atoms. The minimum absolute atomic E-state index is 0.0278. The van der Waals surface area contributed by atoms with E-state index in [2.05, 4.69) is 6.92 Å². The van der Waals surface area contributed by atoms with Gasteiger partial charge in [-0.3, -0.25) is 4.55 Å². The van der Waals surface area contributed by atoms with E-state index in [1.807, 2.05) is 0 Å². The third-order valence-corrected chi connectivity index (χ3v) is 7.30. The molecule has 0 aliphatic carbocycles. The molecule has 0 aliphatic heterocycles. The first-order chi connectivity index (χ1) is 14.4. The third-order valence-electron chi connectivity index (χ3n) is 5.58. The molecule has 170 valence electrons. The number of rotatable bonds is 17. The van der Waals surface area contributed by atoms with Crippen molar-refractivity contribution in [3.05, 3.63) is 29.8 Å². The van der Waals surface area contributed by atoms with E-state index < -0.39 is 10.1 Å². The summed E-state index contributed by atoms with van der Waals surface area (Å²) in [7, 11) is -4.03. The Morgan fingerprint density at radius 2 is 1.07 bits per heavy atom. The van der Waals surface area contributed by atoms with Crippen LogP contribution in [0, 0.1) is 6.92 Å². The first-order valence-electron chi connectivity index (χ1n) is 12.5. The smallest absolute Gasteiger partial charge is 0.282 e. The fraction of sp³-hybridized carbons (Fsp3) is 0.760. The molecule has 1 rings (SSSR count). The summed E-state index contributed by atoms with van der Waals surface area (Å²) in [4.78, 5) is -0.0278. The Morgan fingerprint density at radius 3 is 1.37 bits per heavy atom. The van der Waals surface area contributed by atoms with Gasteiger partial charge in [-0.05, 0) is 18.6 Å². The number of hydrogen-bond acceptors (Lipinski definition) is 2. The van der Waals surface area contributed by atoms with Crippen molar-refractivity contribution in [3.8, 4) is 0 Å². The predicted molar refractivity (Wildman–Crippen MR) is 131 cm³/mol. The van der Waals surface area contributed by atoms with Crippen LogP contribution >= 0.6 is 0 Å². The van der Waals surface area contributed by atoms with Gasteiger partial charge in [-0.15, -0.1) is 0 Å². The average Bonchev–Trinajstić information content (AvgIpc) is 2.71. The number of hydrogen-bond donors (Lipinski definition) is 1. The van der Waals surface area contributed by atoms with E-state index in [0.29, 0.717) is 5.56 Å². The van der Waals surface area contributed by atoms with Gasteiger partial charge in [0.15, 0.2) is 0 Å². The molecular formula is C25H45NaO3S. The van der Waals surface area contributed by atoms with Gasteiger partial charge < -0.3 is 0 Å². The molecule has 0 radical (unpaired) electrons. The second-order valence-corrected chi connectivity index (χ2v) is 10.9. The van der Waals surface area contributed by atoms with Crippen LogP contribution in [0.3, 0.4) is 0 Å². The second kappa shape index (κ2) is 21.0. The van der Waals surface area contributed by atoms with Crippen molar-refractivity contribution in [1.29, 1.82) is 0 Å². The van der Waals surface area contributed by atoms with Crippen LogP contribution in [0.25, 0.3) is 0 Å². The topological polar surface area (TPSA) is 54.4 Å². The maximum absolute atomic E-state index is 10.6. The summed E-state index contributed by atoms with van der Waals surface area (Å²) in [6, 6.07) is 6.27. The number of aryl methyl sites for hydroxylation is 1. The zero-order valence-electron chi connectivity index (χ0n) is 20.0. The normalized spacial score (nSPS) is 11.2. The number of benzene rings is 1. The molecule has 0 fully saturated rings. The van der Waals surface area contributed by atoms with Gasteiger partial charge in [0, 0.05) is 0 Å². The van der Waals surface area contributed by atoms with Gasteiger partial charge in [-0.25, -0.2) is 0 Å².